The summed E-state index contributed by atoms with van der Waals surface area (Å²) in [6.45, 7) is 2.33. The van der Waals surface area contributed by atoms with Crippen molar-refractivity contribution in [2.75, 3.05) is 5.43 Å². The molecule has 0 atom stereocenters. The van der Waals surface area contributed by atoms with Crippen LogP contribution in [-0.4, -0.2) is 9.55 Å². The maximum Gasteiger partial charge on any atom is 0.251 e. The largest absolute Gasteiger partial charge is 0.324 e. The second-order valence-corrected chi connectivity index (χ2v) is 3.85. The van der Waals surface area contributed by atoms with E-state index in [1.54, 1.807) is 29.1 Å². The average Bonchev–Trinajstić information content (AvgIpc) is 2.33. The van der Waals surface area contributed by atoms with Crippen LogP contribution in [0.3, 0.4) is 0 Å². The first-order valence-corrected chi connectivity index (χ1v) is 5.27. The number of aromatic nitrogens is 2. The van der Waals surface area contributed by atoms with Crippen molar-refractivity contribution in [3.63, 3.8) is 0 Å². The maximum atomic E-state index is 11.7. The van der Waals surface area contributed by atoms with E-state index in [1.807, 2.05) is 19.1 Å². The number of anilines is 1. The third-order valence-electron chi connectivity index (χ3n) is 2.47. The summed E-state index contributed by atoms with van der Waals surface area (Å²) < 4.78 is 1.61. The monoisotopic (exact) mass is 230 g/mol. The normalized spacial score (nSPS) is 10.2. The molecular weight excluding hydrogens is 216 g/mol. The van der Waals surface area contributed by atoms with Crippen LogP contribution in [0, 0.1) is 6.92 Å². The topological polar surface area (TPSA) is 72.9 Å². The summed E-state index contributed by atoms with van der Waals surface area (Å²) in [4.78, 5) is 15.9. The van der Waals surface area contributed by atoms with E-state index in [9.17, 15) is 4.79 Å². The first-order chi connectivity index (χ1) is 8.19. The number of rotatable bonds is 3. The summed E-state index contributed by atoms with van der Waals surface area (Å²) in [6, 6.07) is 7.07. The van der Waals surface area contributed by atoms with Crippen molar-refractivity contribution in [1.29, 1.82) is 0 Å². The number of hydrogen-bond donors (Lipinski definition) is 2. The van der Waals surface area contributed by atoms with Gasteiger partial charge in [-0.05, 0) is 30.7 Å². The summed E-state index contributed by atoms with van der Waals surface area (Å²) in [7, 11) is 0. The number of hydrazine groups is 1. The van der Waals surface area contributed by atoms with Gasteiger partial charge in [0.1, 0.15) is 0 Å². The molecule has 88 valence electrons. The van der Waals surface area contributed by atoms with Crippen LogP contribution in [0.5, 0.6) is 0 Å². The van der Waals surface area contributed by atoms with Crippen molar-refractivity contribution in [2.45, 2.75) is 13.5 Å². The Morgan fingerprint density at radius 1 is 1.41 bits per heavy atom. The molecule has 5 heteroatoms. The average molecular weight is 230 g/mol. The standard InChI is InChI=1S/C12H14N4O/c1-9-3-5-16(12(17)6-9)8-11-7-10(15-13)2-4-14-11/h2-7H,8,13H2,1H3,(H,14,15). The van der Waals surface area contributed by atoms with Gasteiger partial charge in [0.15, 0.2) is 0 Å². The minimum atomic E-state index is -0.0297. The van der Waals surface area contributed by atoms with E-state index in [0.717, 1.165) is 16.9 Å². The molecule has 0 amide bonds. The van der Waals surface area contributed by atoms with E-state index in [2.05, 4.69) is 10.4 Å². The number of nitrogens with zero attached hydrogens (tertiary/aromatic N) is 2. The van der Waals surface area contributed by atoms with Crippen molar-refractivity contribution in [2.24, 2.45) is 5.84 Å². The van der Waals surface area contributed by atoms with E-state index >= 15 is 0 Å². The molecule has 3 N–H and O–H groups in total. The summed E-state index contributed by atoms with van der Waals surface area (Å²) in [5.41, 5.74) is 5.03. The Morgan fingerprint density at radius 2 is 2.24 bits per heavy atom. The molecule has 0 spiro atoms. The highest BCUT2D eigenvalue weighted by Gasteiger charge is 2.00. The Kier molecular flexibility index (Phi) is 3.20. The molecule has 0 fully saturated rings. The van der Waals surface area contributed by atoms with Gasteiger partial charge in [-0.3, -0.25) is 15.6 Å². The smallest absolute Gasteiger partial charge is 0.251 e. The number of aryl methyl sites for hydroxylation is 1. The Balaban J connectivity index is 2.28. The molecule has 2 aromatic heterocycles. The van der Waals surface area contributed by atoms with Crippen LogP contribution in [0.15, 0.2) is 41.5 Å². The van der Waals surface area contributed by atoms with Gasteiger partial charge >= 0.3 is 0 Å². The Hall–Kier alpha value is -2.14. The van der Waals surface area contributed by atoms with Crippen molar-refractivity contribution < 1.29 is 0 Å². The zero-order chi connectivity index (χ0) is 12.3. The van der Waals surface area contributed by atoms with Crippen molar-refractivity contribution >= 4 is 5.69 Å². The molecule has 2 aromatic rings. The third-order valence-corrected chi connectivity index (χ3v) is 2.47. The summed E-state index contributed by atoms with van der Waals surface area (Å²) >= 11 is 0. The molecule has 17 heavy (non-hydrogen) atoms. The predicted octanol–water partition coefficient (Wildman–Crippen LogP) is 0.886. The Labute approximate surface area is 98.9 Å². The van der Waals surface area contributed by atoms with Gasteiger partial charge in [0.05, 0.1) is 17.9 Å². The number of nitrogens with two attached hydrogens (primary N) is 1. The fraction of sp³-hybridized carbons (Fsp3) is 0.167. The van der Waals surface area contributed by atoms with Crippen molar-refractivity contribution in [3.8, 4) is 0 Å². The van der Waals surface area contributed by atoms with E-state index in [4.69, 9.17) is 5.84 Å². The van der Waals surface area contributed by atoms with Gasteiger partial charge in [0, 0.05) is 18.5 Å². The Bertz CT molecular complexity index is 577. The van der Waals surface area contributed by atoms with Gasteiger partial charge in [-0.1, -0.05) is 0 Å². The van der Waals surface area contributed by atoms with Gasteiger partial charge in [0.25, 0.3) is 5.56 Å². The van der Waals surface area contributed by atoms with Crippen LogP contribution in [0.1, 0.15) is 11.3 Å². The molecule has 0 bridgehead atoms. The van der Waals surface area contributed by atoms with Gasteiger partial charge in [0.2, 0.25) is 0 Å². The quantitative estimate of drug-likeness (QED) is 0.606. The van der Waals surface area contributed by atoms with E-state index in [1.165, 1.54) is 0 Å². The van der Waals surface area contributed by atoms with E-state index in [0.29, 0.717) is 6.54 Å². The zero-order valence-electron chi connectivity index (χ0n) is 9.55. The zero-order valence-corrected chi connectivity index (χ0v) is 9.55. The fourth-order valence-corrected chi connectivity index (χ4v) is 1.57. The molecule has 0 aromatic carbocycles. The molecule has 2 heterocycles. The maximum absolute atomic E-state index is 11.7. The minimum absolute atomic E-state index is 0.0297. The second kappa shape index (κ2) is 4.80. The van der Waals surface area contributed by atoms with Gasteiger partial charge in [-0.25, -0.2) is 0 Å². The first-order valence-electron chi connectivity index (χ1n) is 5.27. The molecule has 5 nitrogen and oxygen atoms in total. The summed E-state index contributed by atoms with van der Waals surface area (Å²) in [5.74, 6) is 5.32. The lowest BCUT2D eigenvalue weighted by Crippen LogP contribution is -2.20. The van der Waals surface area contributed by atoms with Crippen LogP contribution in [0.25, 0.3) is 0 Å². The lowest BCUT2D eigenvalue weighted by atomic mass is 10.3. The van der Waals surface area contributed by atoms with Crippen LogP contribution >= 0.6 is 0 Å². The molecule has 0 saturated heterocycles. The highest BCUT2D eigenvalue weighted by molar-refractivity contribution is 5.41. The van der Waals surface area contributed by atoms with Crippen LogP contribution < -0.4 is 16.8 Å². The van der Waals surface area contributed by atoms with Crippen LogP contribution in [0.4, 0.5) is 5.69 Å². The molecule has 0 aliphatic rings. The van der Waals surface area contributed by atoms with Crippen molar-refractivity contribution in [1.82, 2.24) is 9.55 Å². The lowest BCUT2D eigenvalue weighted by Gasteiger charge is -2.06. The number of nitrogen functional groups attached to an aromatic ring is 1. The third kappa shape index (κ3) is 2.70. The van der Waals surface area contributed by atoms with E-state index in [-0.39, 0.29) is 5.56 Å². The molecule has 0 aliphatic carbocycles. The predicted molar refractivity (Wildman–Crippen MR) is 66.6 cm³/mol. The number of nitrogens with one attached hydrogen (secondary N) is 1. The van der Waals surface area contributed by atoms with Gasteiger partial charge in [-0.15, -0.1) is 0 Å². The molecule has 0 aliphatic heterocycles. The second-order valence-electron chi connectivity index (χ2n) is 3.85. The van der Waals surface area contributed by atoms with Gasteiger partial charge < -0.3 is 9.99 Å². The fourth-order valence-electron chi connectivity index (χ4n) is 1.57. The highest BCUT2D eigenvalue weighted by Crippen LogP contribution is 2.06. The number of hydrogen-bond acceptors (Lipinski definition) is 4. The van der Waals surface area contributed by atoms with Crippen molar-refractivity contribution in [3.05, 3.63) is 58.3 Å². The lowest BCUT2D eigenvalue weighted by molar-refractivity contribution is 0.737. The van der Waals surface area contributed by atoms with Crippen LogP contribution in [-0.2, 0) is 6.54 Å². The molecule has 0 radical (unpaired) electrons. The van der Waals surface area contributed by atoms with Crippen LogP contribution in [0.2, 0.25) is 0 Å². The van der Waals surface area contributed by atoms with Gasteiger partial charge in [-0.2, -0.15) is 0 Å². The molecule has 2 rings (SSSR count). The first kappa shape index (κ1) is 11.3. The minimum Gasteiger partial charge on any atom is -0.324 e. The highest BCUT2D eigenvalue weighted by atomic mass is 16.1. The molecule has 0 unspecified atom stereocenters. The molecular formula is C12H14N4O. The molecule has 0 saturated carbocycles. The SMILES string of the molecule is Cc1ccn(Cc2cc(NN)ccn2)c(=O)c1. The van der Waals surface area contributed by atoms with E-state index < -0.39 is 0 Å². The Morgan fingerprint density at radius 3 is 2.94 bits per heavy atom. The number of pyridine rings is 2. The summed E-state index contributed by atoms with van der Waals surface area (Å²) in [6.07, 6.45) is 3.42. The summed E-state index contributed by atoms with van der Waals surface area (Å²) in [5, 5.41) is 0.